The molecular formula is C16H16FN3O. The number of carbonyl (C=O) groups excluding carboxylic acids is 1. The molecule has 1 fully saturated rings. The standard InChI is InChI=1S/C16H16FN3O/c17-12-4-3-10-11(16(12)9-1-2-9)5-6-20-13(10)7-14(18)19-8-15(20)21/h3-4,7,9H,1-2,5-6,8H2,(H2,18,19). The van der Waals surface area contributed by atoms with E-state index in [2.05, 4.69) is 4.99 Å². The van der Waals surface area contributed by atoms with E-state index in [0.29, 0.717) is 24.7 Å². The van der Waals surface area contributed by atoms with E-state index < -0.39 is 0 Å². The molecule has 0 aromatic heterocycles. The lowest BCUT2D eigenvalue weighted by Crippen LogP contribution is -2.36. The Morgan fingerprint density at radius 3 is 2.90 bits per heavy atom. The average Bonchev–Trinajstić information content (AvgIpc) is 3.29. The third-order valence-corrected chi connectivity index (χ3v) is 4.42. The van der Waals surface area contributed by atoms with Gasteiger partial charge in [0.25, 0.3) is 0 Å². The van der Waals surface area contributed by atoms with E-state index in [1.165, 1.54) is 6.07 Å². The van der Waals surface area contributed by atoms with Crippen LogP contribution in [0.1, 0.15) is 35.4 Å². The summed E-state index contributed by atoms with van der Waals surface area (Å²) in [6.07, 6.45) is 4.54. The van der Waals surface area contributed by atoms with Crippen molar-refractivity contribution in [1.29, 1.82) is 0 Å². The van der Waals surface area contributed by atoms with Gasteiger partial charge in [-0.05, 0) is 48.4 Å². The third kappa shape index (κ3) is 1.95. The number of amidine groups is 1. The van der Waals surface area contributed by atoms with Gasteiger partial charge in [0.1, 0.15) is 18.2 Å². The molecule has 4 rings (SSSR count). The first-order valence-corrected chi connectivity index (χ1v) is 7.29. The molecule has 1 amide bonds. The van der Waals surface area contributed by atoms with Gasteiger partial charge in [-0.3, -0.25) is 9.79 Å². The van der Waals surface area contributed by atoms with E-state index in [-0.39, 0.29) is 18.3 Å². The summed E-state index contributed by atoms with van der Waals surface area (Å²) in [5.74, 6) is 0.530. The second-order valence-corrected chi connectivity index (χ2v) is 5.83. The summed E-state index contributed by atoms with van der Waals surface area (Å²) >= 11 is 0. The lowest BCUT2D eigenvalue weighted by Gasteiger charge is -2.32. The second-order valence-electron chi connectivity index (χ2n) is 5.83. The number of nitrogens with two attached hydrogens (primary N) is 1. The predicted octanol–water partition coefficient (Wildman–Crippen LogP) is 1.80. The number of nitrogens with zero attached hydrogens (tertiary/aromatic N) is 2. The van der Waals surface area contributed by atoms with Crippen LogP contribution < -0.4 is 5.73 Å². The summed E-state index contributed by atoms with van der Waals surface area (Å²) < 4.78 is 14.2. The molecule has 1 aromatic carbocycles. The smallest absolute Gasteiger partial charge is 0.248 e. The SMILES string of the molecule is NC1=NCC(=O)N2CCc3c(ccc(F)c3C3CC3)C2=C1. The Labute approximate surface area is 122 Å². The van der Waals surface area contributed by atoms with Gasteiger partial charge in [0.15, 0.2) is 0 Å². The fourth-order valence-electron chi connectivity index (χ4n) is 3.29. The fraction of sp³-hybridized carbons (Fsp3) is 0.375. The molecule has 5 heteroatoms. The normalized spacial score (nSPS) is 21.2. The van der Waals surface area contributed by atoms with Crippen LogP contribution in [0.2, 0.25) is 0 Å². The average molecular weight is 285 g/mol. The Morgan fingerprint density at radius 1 is 1.33 bits per heavy atom. The third-order valence-electron chi connectivity index (χ3n) is 4.42. The highest BCUT2D eigenvalue weighted by atomic mass is 19.1. The maximum atomic E-state index is 14.2. The van der Waals surface area contributed by atoms with Crippen LogP contribution in [0.15, 0.2) is 23.2 Å². The van der Waals surface area contributed by atoms with E-state index in [1.54, 1.807) is 17.0 Å². The van der Waals surface area contributed by atoms with E-state index >= 15 is 0 Å². The largest absolute Gasteiger partial charge is 0.384 e. The van der Waals surface area contributed by atoms with Gasteiger partial charge in [-0.15, -0.1) is 0 Å². The summed E-state index contributed by atoms with van der Waals surface area (Å²) in [6.45, 7) is 0.654. The fourth-order valence-corrected chi connectivity index (χ4v) is 3.29. The van der Waals surface area contributed by atoms with Crippen molar-refractivity contribution in [2.75, 3.05) is 13.1 Å². The van der Waals surface area contributed by atoms with Crippen LogP contribution in [0.4, 0.5) is 4.39 Å². The first kappa shape index (κ1) is 12.6. The van der Waals surface area contributed by atoms with Crippen molar-refractivity contribution in [2.24, 2.45) is 10.7 Å². The highest BCUT2D eigenvalue weighted by Crippen LogP contribution is 2.46. The zero-order valence-corrected chi connectivity index (χ0v) is 11.6. The number of halogens is 1. The van der Waals surface area contributed by atoms with Gasteiger partial charge >= 0.3 is 0 Å². The van der Waals surface area contributed by atoms with Crippen molar-refractivity contribution in [2.45, 2.75) is 25.2 Å². The van der Waals surface area contributed by atoms with Crippen molar-refractivity contribution in [3.8, 4) is 0 Å². The number of rotatable bonds is 1. The summed E-state index contributed by atoms with van der Waals surface area (Å²) in [5, 5.41) is 0. The molecule has 4 nitrogen and oxygen atoms in total. The molecule has 0 radical (unpaired) electrons. The highest BCUT2D eigenvalue weighted by Gasteiger charge is 2.34. The van der Waals surface area contributed by atoms with Crippen molar-refractivity contribution in [3.63, 3.8) is 0 Å². The van der Waals surface area contributed by atoms with Crippen LogP contribution in [0.5, 0.6) is 0 Å². The molecule has 0 atom stereocenters. The molecule has 1 saturated carbocycles. The topological polar surface area (TPSA) is 58.7 Å². The number of carbonyl (C=O) groups is 1. The van der Waals surface area contributed by atoms with Gasteiger partial charge in [0, 0.05) is 18.2 Å². The van der Waals surface area contributed by atoms with Crippen molar-refractivity contribution < 1.29 is 9.18 Å². The number of fused-ring (bicyclic) bond motifs is 3. The Morgan fingerprint density at radius 2 is 2.14 bits per heavy atom. The van der Waals surface area contributed by atoms with Crippen LogP contribution >= 0.6 is 0 Å². The number of amides is 1. The molecule has 0 unspecified atom stereocenters. The number of hydrogen-bond donors (Lipinski definition) is 1. The van der Waals surface area contributed by atoms with Gasteiger partial charge in [-0.1, -0.05) is 0 Å². The van der Waals surface area contributed by atoms with Crippen LogP contribution in [0.25, 0.3) is 5.70 Å². The van der Waals surface area contributed by atoms with Gasteiger partial charge in [-0.25, -0.2) is 4.39 Å². The molecule has 21 heavy (non-hydrogen) atoms. The zero-order valence-electron chi connectivity index (χ0n) is 11.6. The number of aliphatic imine (C=N–C) groups is 1. The van der Waals surface area contributed by atoms with Gasteiger partial charge in [-0.2, -0.15) is 0 Å². The zero-order chi connectivity index (χ0) is 14.6. The Hall–Kier alpha value is -2.17. The Kier molecular flexibility index (Phi) is 2.64. The molecule has 2 heterocycles. The highest BCUT2D eigenvalue weighted by molar-refractivity contribution is 6.04. The minimum Gasteiger partial charge on any atom is -0.384 e. The van der Waals surface area contributed by atoms with Crippen molar-refractivity contribution in [1.82, 2.24) is 4.90 Å². The molecule has 1 aliphatic carbocycles. The van der Waals surface area contributed by atoms with Gasteiger partial charge in [0.2, 0.25) is 5.91 Å². The van der Waals surface area contributed by atoms with Crippen LogP contribution in [-0.4, -0.2) is 29.7 Å². The monoisotopic (exact) mass is 285 g/mol. The molecule has 2 N–H and O–H groups in total. The number of benzene rings is 1. The summed E-state index contributed by atoms with van der Waals surface area (Å²) in [6, 6.07) is 3.28. The first-order chi connectivity index (χ1) is 10.1. The van der Waals surface area contributed by atoms with Crippen LogP contribution in [0, 0.1) is 5.82 Å². The van der Waals surface area contributed by atoms with Gasteiger partial charge in [0.05, 0.1) is 5.70 Å². The maximum absolute atomic E-state index is 14.2. The molecule has 108 valence electrons. The van der Waals surface area contributed by atoms with E-state index in [1.807, 2.05) is 0 Å². The molecule has 2 aliphatic heterocycles. The minimum atomic E-state index is -0.119. The quantitative estimate of drug-likeness (QED) is 0.855. The predicted molar refractivity (Wildman–Crippen MR) is 78.3 cm³/mol. The van der Waals surface area contributed by atoms with Gasteiger partial charge < -0.3 is 10.6 Å². The van der Waals surface area contributed by atoms with Crippen molar-refractivity contribution >= 4 is 17.4 Å². The number of hydrogen-bond acceptors (Lipinski definition) is 3. The second kappa shape index (κ2) is 4.41. The first-order valence-electron chi connectivity index (χ1n) is 7.29. The minimum absolute atomic E-state index is 0.0513. The summed E-state index contributed by atoms with van der Waals surface area (Å²) in [5.41, 5.74) is 9.41. The summed E-state index contributed by atoms with van der Waals surface area (Å²) in [7, 11) is 0. The molecular weight excluding hydrogens is 269 g/mol. The lowest BCUT2D eigenvalue weighted by atomic mass is 9.89. The van der Waals surface area contributed by atoms with E-state index in [0.717, 1.165) is 35.2 Å². The summed E-state index contributed by atoms with van der Waals surface area (Å²) in [4.78, 5) is 17.9. The van der Waals surface area contributed by atoms with E-state index in [9.17, 15) is 9.18 Å². The van der Waals surface area contributed by atoms with E-state index in [4.69, 9.17) is 5.73 Å². The Balaban J connectivity index is 1.90. The van der Waals surface area contributed by atoms with Crippen LogP contribution in [-0.2, 0) is 11.2 Å². The molecule has 0 saturated heterocycles. The van der Waals surface area contributed by atoms with Crippen LogP contribution in [0.3, 0.4) is 0 Å². The lowest BCUT2D eigenvalue weighted by molar-refractivity contribution is -0.126. The molecule has 1 aromatic rings. The molecule has 0 bridgehead atoms. The maximum Gasteiger partial charge on any atom is 0.248 e. The molecule has 0 spiro atoms. The molecule has 3 aliphatic rings. The van der Waals surface area contributed by atoms with Crippen molar-refractivity contribution in [3.05, 3.63) is 40.7 Å². The Bertz CT molecular complexity index is 704.